The van der Waals surface area contributed by atoms with E-state index in [9.17, 15) is 5.11 Å². The lowest BCUT2D eigenvalue weighted by molar-refractivity contribution is -0.0399. The third-order valence-corrected chi connectivity index (χ3v) is 3.71. The lowest BCUT2D eigenvalue weighted by Crippen LogP contribution is -2.41. The molecule has 1 heterocycles. The SMILES string of the molecule is Cn1ccnc1CC1(O)CCCC(C)(C)C1. The van der Waals surface area contributed by atoms with Gasteiger partial charge in [0.1, 0.15) is 5.82 Å². The monoisotopic (exact) mass is 222 g/mol. The van der Waals surface area contributed by atoms with E-state index >= 15 is 0 Å². The van der Waals surface area contributed by atoms with Gasteiger partial charge in [-0.15, -0.1) is 0 Å². The summed E-state index contributed by atoms with van der Waals surface area (Å²) in [6.07, 6.45) is 8.54. The highest BCUT2D eigenvalue weighted by molar-refractivity contribution is 5.01. The molecule has 1 aliphatic rings. The topological polar surface area (TPSA) is 38.0 Å². The Balaban J connectivity index is 2.11. The number of nitrogens with zero attached hydrogens (tertiary/aromatic N) is 2. The van der Waals surface area contributed by atoms with E-state index in [-0.39, 0.29) is 5.41 Å². The third kappa shape index (κ3) is 2.46. The molecule has 1 aromatic rings. The molecule has 1 N–H and O–H groups in total. The first-order valence-electron chi connectivity index (χ1n) is 6.09. The number of hydrogen-bond acceptors (Lipinski definition) is 2. The molecule has 1 atom stereocenters. The second-order valence-electron chi connectivity index (χ2n) is 6.05. The molecule has 0 radical (unpaired) electrons. The molecule has 0 amide bonds. The van der Waals surface area contributed by atoms with E-state index < -0.39 is 5.60 Å². The Bertz CT molecular complexity index is 370. The van der Waals surface area contributed by atoms with E-state index in [1.807, 2.05) is 17.8 Å². The van der Waals surface area contributed by atoms with Crippen molar-refractivity contribution >= 4 is 0 Å². The summed E-state index contributed by atoms with van der Waals surface area (Å²) in [5, 5.41) is 10.6. The summed E-state index contributed by atoms with van der Waals surface area (Å²) >= 11 is 0. The fraction of sp³-hybridized carbons (Fsp3) is 0.769. The first kappa shape index (κ1) is 11.6. The molecule has 1 saturated carbocycles. The highest BCUT2D eigenvalue weighted by Crippen LogP contribution is 2.42. The lowest BCUT2D eigenvalue weighted by atomic mass is 9.68. The molecule has 0 spiro atoms. The molecule has 1 fully saturated rings. The van der Waals surface area contributed by atoms with Gasteiger partial charge in [0, 0.05) is 25.9 Å². The van der Waals surface area contributed by atoms with E-state index in [1.54, 1.807) is 6.20 Å². The highest BCUT2D eigenvalue weighted by atomic mass is 16.3. The molecule has 1 unspecified atom stereocenters. The van der Waals surface area contributed by atoms with Crippen LogP contribution >= 0.6 is 0 Å². The molecule has 0 aromatic carbocycles. The Labute approximate surface area is 97.5 Å². The number of imidazole rings is 1. The minimum absolute atomic E-state index is 0.262. The van der Waals surface area contributed by atoms with Crippen LogP contribution in [0.25, 0.3) is 0 Å². The quantitative estimate of drug-likeness (QED) is 0.833. The van der Waals surface area contributed by atoms with Crippen LogP contribution < -0.4 is 0 Å². The molecule has 0 saturated heterocycles. The molecule has 3 nitrogen and oxygen atoms in total. The average molecular weight is 222 g/mol. The number of aliphatic hydroxyl groups is 1. The number of hydrogen-bond donors (Lipinski definition) is 1. The van der Waals surface area contributed by atoms with E-state index in [2.05, 4.69) is 18.8 Å². The molecule has 2 rings (SSSR count). The highest BCUT2D eigenvalue weighted by Gasteiger charge is 2.39. The van der Waals surface area contributed by atoms with Gasteiger partial charge in [0.05, 0.1) is 5.60 Å². The largest absolute Gasteiger partial charge is 0.389 e. The van der Waals surface area contributed by atoms with Crippen LogP contribution in [0.2, 0.25) is 0 Å². The summed E-state index contributed by atoms with van der Waals surface area (Å²) in [7, 11) is 1.99. The van der Waals surface area contributed by atoms with Gasteiger partial charge in [-0.05, 0) is 24.7 Å². The van der Waals surface area contributed by atoms with Crippen LogP contribution in [0.3, 0.4) is 0 Å². The maximum Gasteiger partial charge on any atom is 0.111 e. The van der Waals surface area contributed by atoms with Gasteiger partial charge in [0.25, 0.3) is 0 Å². The molecule has 1 aromatic heterocycles. The van der Waals surface area contributed by atoms with Gasteiger partial charge in [0.15, 0.2) is 0 Å². The van der Waals surface area contributed by atoms with Gasteiger partial charge >= 0.3 is 0 Å². The normalized spacial score (nSPS) is 29.2. The van der Waals surface area contributed by atoms with Gasteiger partial charge in [-0.3, -0.25) is 0 Å². The standard InChI is InChI=1S/C13H22N2O/c1-12(2)5-4-6-13(16,10-12)9-11-14-7-8-15(11)3/h7-8,16H,4-6,9-10H2,1-3H3. The van der Waals surface area contributed by atoms with Gasteiger partial charge in [-0.25, -0.2) is 4.98 Å². The number of rotatable bonds is 2. The molecular formula is C13H22N2O. The van der Waals surface area contributed by atoms with Gasteiger partial charge in [-0.1, -0.05) is 20.3 Å². The predicted molar refractivity (Wildman–Crippen MR) is 64.1 cm³/mol. The van der Waals surface area contributed by atoms with E-state index in [1.165, 1.54) is 6.42 Å². The molecule has 0 bridgehead atoms. The second kappa shape index (κ2) is 3.88. The fourth-order valence-electron chi connectivity index (χ4n) is 2.98. The maximum atomic E-state index is 10.6. The van der Waals surface area contributed by atoms with Crippen LogP contribution in [0.1, 0.15) is 45.4 Å². The van der Waals surface area contributed by atoms with Crippen molar-refractivity contribution in [3.8, 4) is 0 Å². The smallest absolute Gasteiger partial charge is 0.111 e. The van der Waals surface area contributed by atoms with Crippen LogP contribution in [-0.4, -0.2) is 20.3 Å². The van der Waals surface area contributed by atoms with E-state index in [0.717, 1.165) is 25.1 Å². The predicted octanol–water partition coefficient (Wildman–Crippen LogP) is 2.29. The third-order valence-electron chi connectivity index (χ3n) is 3.71. The Morgan fingerprint density at radius 1 is 1.44 bits per heavy atom. The first-order valence-corrected chi connectivity index (χ1v) is 6.09. The van der Waals surface area contributed by atoms with Crippen molar-refractivity contribution in [3.05, 3.63) is 18.2 Å². The van der Waals surface area contributed by atoms with Crippen molar-refractivity contribution in [2.45, 2.75) is 51.6 Å². The summed E-state index contributed by atoms with van der Waals surface area (Å²) in [5.74, 6) is 0.986. The summed E-state index contributed by atoms with van der Waals surface area (Å²) in [4.78, 5) is 4.31. The van der Waals surface area contributed by atoms with E-state index in [0.29, 0.717) is 6.42 Å². The van der Waals surface area contributed by atoms with Crippen LogP contribution in [0.4, 0.5) is 0 Å². The zero-order valence-corrected chi connectivity index (χ0v) is 10.5. The van der Waals surface area contributed by atoms with Crippen LogP contribution in [-0.2, 0) is 13.5 Å². The summed E-state index contributed by atoms with van der Waals surface area (Å²) in [6.45, 7) is 4.49. The van der Waals surface area contributed by atoms with Crippen LogP contribution in [0, 0.1) is 5.41 Å². The zero-order chi connectivity index (χ0) is 11.8. The maximum absolute atomic E-state index is 10.6. The second-order valence-corrected chi connectivity index (χ2v) is 6.05. The van der Waals surface area contributed by atoms with Crippen molar-refractivity contribution in [1.29, 1.82) is 0 Å². The molecule has 1 aliphatic carbocycles. The van der Waals surface area contributed by atoms with Gasteiger partial charge in [-0.2, -0.15) is 0 Å². The molecular weight excluding hydrogens is 200 g/mol. The molecule has 0 aliphatic heterocycles. The Hall–Kier alpha value is -0.830. The van der Waals surface area contributed by atoms with Crippen molar-refractivity contribution in [2.75, 3.05) is 0 Å². The lowest BCUT2D eigenvalue weighted by Gasteiger charge is -2.41. The Morgan fingerprint density at radius 3 is 2.75 bits per heavy atom. The molecule has 90 valence electrons. The summed E-state index contributed by atoms with van der Waals surface area (Å²) in [6, 6.07) is 0. The Morgan fingerprint density at radius 2 is 2.19 bits per heavy atom. The number of aromatic nitrogens is 2. The van der Waals surface area contributed by atoms with Crippen molar-refractivity contribution < 1.29 is 5.11 Å². The first-order chi connectivity index (χ1) is 7.40. The minimum atomic E-state index is -0.555. The Kier molecular flexibility index (Phi) is 2.82. The summed E-state index contributed by atoms with van der Waals surface area (Å²) in [5.41, 5.74) is -0.293. The van der Waals surface area contributed by atoms with Crippen LogP contribution in [0.5, 0.6) is 0 Å². The fourth-order valence-corrected chi connectivity index (χ4v) is 2.98. The van der Waals surface area contributed by atoms with Crippen LogP contribution in [0.15, 0.2) is 12.4 Å². The van der Waals surface area contributed by atoms with Crippen molar-refractivity contribution in [1.82, 2.24) is 9.55 Å². The van der Waals surface area contributed by atoms with E-state index in [4.69, 9.17) is 0 Å². The summed E-state index contributed by atoms with van der Waals surface area (Å²) < 4.78 is 2.00. The molecule has 16 heavy (non-hydrogen) atoms. The number of aryl methyl sites for hydroxylation is 1. The average Bonchev–Trinajstić information content (AvgIpc) is 2.48. The zero-order valence-electron chi connectivity index (χ0n) is 10.5. The van der Waals surface area contributed by atoms with Gasteiger partial charge < -0.3 is 9.67 Å². The van der Waals surface area contributed by atoms with Gasteiger partial charge in [0.2, 0.25) is 0 Å². The minimum Gasteiger partial charge on any atom is -0.389 e. The van der Waals surface area contributed by atoms with Crippen molar-refractivity contribution in [2.24, 2.45) is 12.5 Å². The van der Waals surface area contributed by atoms with Crippen molar-refractivity contribution in [3.63, 3.8) is 0 Å². The molecule has 3 heteroatoms.